The van der Waals surface area contributed by atoms with E-state index in [1.807, 2.05) is 7.05 Å². The number of likely N-dealkylation sites (N-methyl/N-ethyl adjacent to an activating group) is 1. The van der Waals surface area contributed by atoms with Gasteiger partial charge < -0.3 is 15.1 Å². The summed E-state index contributed by atoms with van der Waals surface area (Å²) < 4.78 is 1.92. The standard InChI is InChI=1S/C12H27IN3O/c1-15(9-8-13)12(17)11(14)7-5-6-10-16(2,3)4/h11H,5-10,14H2,1-4H3/q+1. The average molecular weight is 356 g/mol. The fourth-order valence-corrected chi connectivity index (χ4v) is 2.32. The molecular weight excluding hydrogens is 329 g/mol. The topological polar surface area (TPSA) is 46.3 Å². The molecule has 0 saturated carbocycles. The monoisotopic (exact) mass is 356 g/mol. The van der Waals surface area contributed by atoms with Crippen LogP contribution in [0.1, 0.15) is 19.3 Å². The Kier molecular flexibility index (Phi) is 8.32. The Morgan fingerprint density at radius 2 is 1.94 bits per heavy atom. The molecule has 0 aliphatic heterocycles. The molecule has 0 heterocycles. The SMILES string of the molecule is CN(CCI)C(=O)C(N)CCCC[N+](C)(C)C. The number of halogens is 1. The van der Waals surface area contributed by atoms with Crippen molar-refractivity contribution in [2.24, 2.45) is 5.73 Å². The van der Waals surface area contributed by atoms with E-state index in [1.165, 1.54) is 0 Å². The van der Waals surface area contributed by atoms with Gasteiger partial charge in [0.15, 0.2) is 0 Å². The minimum atomic E-state index is -0.324. The molecule has 0 rings (SSSR count). The first-order valence-electron chi connectivity index (χ1n) is 6.15. The maximum Gasteiger partial charge on any atom is 0.239 e. The zero-order valence-corrected chi connectivity index (χ0v) is 13.7. The highest BCUT2D eigenvalue weighted by molar-refractivity contribution is 14.1. The fraction of sp³-hybridized carbons (Fsp3) is 0.917. The summed E-state index contributed by atoms with van der Waals surface area (Å²) in [5.74, 6) is 0.0758. The Hall–Kier alpha value is 0.120. The van der Waals surface area contributed by atoms with Crippen molar-refractivity contribution < 1.29 is 9.28 Å². The number of nitrogens with zero attached hydrogens (tertiary/aromatic N) is 2. The van der Waals surface area contributed by atoms with Crippen molar-refractivity contribution in [2.45, 2.75) is 25.3 Å². The molecular formula is C12H27IN3O+. The van der Waals surface area contributed by atoms with Gasteiger partial charge >= 0.3 is 0 Å². The van der Waals surface area contributed by atoms with Crippen molar-refractivity contribution in [1.82, 2.24) is 4.90 Å². The normalized spacial score (nSPS) is 13.5. The van der Waals surface area contributed by atoms with Gasteiger partial charge in [-0.25, -0.2) is 0 Å². The number of hydrogen-bond acceptors (Lipinski definition) is 2. The van der Waals surface area contributed by atoms with E-state index < -0.39 is 0 Å². The molecule has 0 aliphatic carbocycles. The number of quaternary nitrogens is 1. The number of alkyl halides is 1. The molecule has 0 radical (unpaired) electrons. The Labute approximate surface area is 119 Å². The van der Waals surface area contributed by atoms with Crippen molar-refractivity contribution in [1.29, 1.82) is 0 Å². The highest BCUT2D eigenvalue weighted by atomic mass is 127. The number of carbonyl (C=O) groups is 1. The highest BCUT2D eigenvalue weighted by Crippen LogP contribution is 2.05. The van der Waals surface area contributed by atoms with Crippen LogP contribution in [0.3, 0.4) is 0 Å². The lowest BCUT2D eigenvalue weighted by Gasteiger charge is -2.24. The van der Waals surface area contributed by atoms with Crippen molar-refractivity contribution in [3.8, 4) is 0 Å². The molecule has 1 amide bonds. The predicted octanol–water partition coefficient (Wildman–Crippen LogP) is 1.08. The van der Waals surface area contributed by atoms with Crippen LogP contribution in [0.15, 0.2) is 0 Å². The van der Waals surface area contributed by atoms with Gasteiger partial charge in [-0.05, 0) is 19.3 Å². The zero-order valence-electron chi connectivity index (χ0n) is 11.6. The Bertz CT molecular complexity index is 228. The largest absolute Gasteiger partial charge is 0.344 e. The summed E-state index contributed by atoms with van der Waals surface area (Å²) in [5.41, 5.74) is 5.90. The van der Waals surface area contributed by atoms with Crippen LogP contribution in [-0.2, 0) is 4.79 Å². The molecule has 0 bridgehead atoms. The van der Waals surface area contributed by atoms with Gasteiger partial charge in [0.05, 0.1) is 33.7 Å². The molecule has 1 unspecified atom stereocenters. The van der Waals surface area contributed by atoms with E-state index in [9.17, 15) is 4.79 Å². The molecule has 102 valence electrons. The first-order chi connectivity index (χ1) is 7.78. The van der Waals surface area contributed by atoms with Crippen molar-refractivity contribution in [3.05, 3.63) is 0 Å². The van der Waals surface area contributed by atoms with E-state index in [-0.39, 0.29) is 11.9 Å². The molecule has 0 aromatic carbocycles. The second kappa shape index (κ2) is 8.26. The molecule has 2 N–H and O–H groups in total. The summed E-state index contributed by atoms with van der Waals surface area (Å²) in [7, 11) is 8.37. The van der Waals surface area contributed by atoms with Crippen LogP contribution < -0.4 is 5.73 Å². The molecule has 0 aromatic rings. The van der Waals surface area contributed by atoms with E-state index >= 15 is 0 Å². The van der Waals surface area contributed by atoms with Crippen molar-refractivity contribution in [2.75, 3.05) is 45.7 Å². The van der Waals surface area contributed by atoms with Gasteiger partial charge in [0.2, 0.25) is 5.91 Å². The summed E-state index contributed by atoms with van der Waals surface area (Å²) in [4.78, 5) is 13.6. The van der Waals surface area contributed by atoms with Crippen molar-refractivity contribution in [3.63, 3.8) is 0 Å². The third-order valence-corrected chi connectivity index (χ3v) is 3.19. The van der Waals surface area contributed by atoms with Crippen LogP contribution in [0, 0.1) is 0 Å². The van der Waals surface area contributed by atoms with Gasteiger partial charge in [0.25, 0.3) is 0 Å². The first-order valence-corrected chi connectivity index (χ1v) is 7.67. The second-order valence-electron chi connectivity index (χ2n) is 5.56. The summed E-state index contributed by atoms with van der Waals surface area (Å²) in [6, 6.07) is -0.324. The minimum absolute atomic E-state index is 0.0758. The van der Waals surface area contributed by atoms with E-state index in [4.69, 9.17) is 5.73 Å². The maximum absolute atomic E-state index is 11.8. The molecule has 0 saturated heterocycles. The average Bonchev–Trinajstić information content (AvgIpc) is 2.22. The van der Waals surface area contributed by atoms with Gasteiger partial charge in [-0.1, -0.05) is 22.6 Å². The smallest absolute Gasteiger partial charge is 0.239 e. The van der Waals surface area contributed by atoms with Gasteiger partial charge in [0.1, 0.15) is 0 Å². The summed E-state index contributed by atoms with van der Waals surface area (Å²) >= 11 is 2.27. The number of rotatable bonds is 8. The van der Waals surface area contributed by atoms with E-state index in [0.717, 1.165) is 41.3 Å². The van der Waals surface area contributed by atoms with E-state index in [2.05, 4.69) is 43.7 Å². The van der Waals surface area contributed by atoms with Crippen molar-refractivity contribution >= 4 is 28.5 Å². The van der Waals surface area contributed by atoms with Crippen LogP contribution in [0.4, 0.5) is 0 Å². The molecule has 5 heteroatoms. The Morgan fingerprint density at radius 1 is 1.35 bits per heavy atom. The van der Waals surface area contributed by atoms with Crippen LogP contribution in [0.25, 0.3) is 0 Å². The summed E-state index contributed by atoms with van der Waals surface area (Å²) in [5, 5.41) is 0. The Morgan fingerprint density at radius 3 is 2.41 bits per heavy atom. The number of hydrogen-bond donors (Lipinski definition) is 1. The summed E-state index contributed by atoms with van der Waals surface area (Å²) in [6.45, 7) is 1.91. The Balaban J connectivity index is 3.78. The van der Waals surface area contributed by atoms with E-state index in [0.29, 0.717) is 0 Å². The lowest BCUT2D eigenvalue weighted by Crippen LogP contribution is -2.42. The third-order valence-electron chi connectivity index (χ3n) is 2.71. The minimum Gasteiger partial charge on any atom is -0.344 e. The molecule has 0 aliphatic rings. The second-order valence-corrected chi connectivity index (χ2v) is 6.64. The van der Waals surface area contributed by atoms with Crippen LogP contribution in [-0.4, -0.2) is 67.0 Å². The number of amides is 1. The molecule has 17 heavy (non-hydrogen) atoms. The van der Waals surface area contributed by atoms with Crippen LogP contribution in [0.5, 0.6) is 0 Å². The maximum atomic E-state index is 11.8. The van der Waals surface area contributed by atoms with Gasteiger partial charge in [-0.15, -0.1) is 0 Å². The van der Waals surface area contributed by atoms with E-state index in [1.54, 1.807) is 4.90 Å². The molecule has 4 nitrogen and oxygen atoms in total. The highest BCUT2D eigenvalue weighted by Gasteiger charge is 2.17. The molecule has 0 spiro atoms. The van der Waals surface area contributed by atoms with Gasteiger partial charge in [-0.2, -0.15) is 0 Å². The van der Waals surface area contributed by atoms with Crippen LogP contribution >= 0.6 is 22.6 Å². The number of nitrogens with two attached hydrogens (primary N) is 1. The first kappa shape index (κ1) is 17.1. The molecule has 1 atom stereocenters. The molecule has 0 fully saturated rings. The fourth-order valence-electron chi connectivity index (χ4n) is 1.59. The quantitative estimate of drug-likeness (QED) is 0.306. The number of unbranched alkanes of at least 4 members (excludes halogenated alkanes) is 1. The third kappa shape index (κ3) is 8.79. The van der Waals surface area contributed by atoms with Crippen LogP contribution in [0.2, 0.25) is 0 Å². The van der Waals surface area contributed by atoms with Gasteiger partial charge in [-0.3, -0.25) is 4.79 Å². The lowest BCUT2D eigenvalue weighted by atomic mass is 10.1. The molecule has 0 aromatic heterocycles. The van der Waals surface area contributed by atoms with Gasteiger partial charge in [0, 0.05) is 18.0 Å². The summed E-state index contributed by atoms with van der Waals surface area (Å²) in [6.07, 6.45) is 2.95. The lowest BCUT2D eigenvalue weighted by molar-refractivity contribution is -0.870. The predicted molar refractivity (Wildman–Crippen MR) is 81.2 cm³/mol. The number of carbonyl (C=O) groups excluding carboxylic acids is 1. The zero-order chi connectivity index (χ0) is 13.5.